The largest absolute Gasteiger partial charge is 0.460 e. The van der Waals surface area contributed by atoms with Crippen molar-refractivity contribution in [3.8, 4) is 0 Å². The molecule has 0 radical (unpaired) electrons. The lowest BCUT2D eigenvalue weighted by molar-refractivity contribution is -0.351. The molecule has 34 nitrogen and oxygen atoms in total. The highest BCUT2D eigenvalue weighted by atomic mass is 16.7. The Labute approximate surface area is 538 Å². The summed E-state index contributed by atoms with van der Waals surface area (Å²) in [6.07, 6.45) is -23.7. The summed E-state index contributed by atoms with van der Waals surface area (Å²) >= 11 is 0. The fourth-order valence-corrected chi connectivity index (χ4v) is 9.81. The van der Waals surface area contributed by atoms with Crippen LogP contribution in [0.25, 0.3) is 0 Å². The molecule has 3 fully saturated rings. The van der Waals surface area contributed by atoms with E-state index < -0.39 is 147 Å². The third-order valence-electron chi connectivity index (χ3n) is 14.5. The molecule has 3 aliphatic heterocycles. The molecule has 0 aliphatic carbocycles. The summed E-state index contributed by atoms with van der Waals surface area (Å²) in [4.78, 5) is 83.1. The molecule has 3 saturated heterocycles. The Bertz CT molecular complexity index is 2800. The highest BCUT2D eigenvalue weighted by molar-refractivity contribution is 6.07. The second-order valence-corrected chi connectivity index (χ2v) is 20.7. The SMILES string of the molecule is O=C(N[C@@H]1[C@@H](O)[C@H](O[C@@H]2O[C@H](CO)[C@@H](O[C@@H]3O[C@H](CO)[C@@H](O)[C@H](O)[C@H]3NC(=O)c3ccccc3C(=O)OCCOCCOCCO)[C@H](O)[C@H]2NC(=O)c2ccccc2C(=O)OCCOCCOCCO)[C@@H](CO)O[C@H]1O)c1ccccc1C(=O)OCCOCCOCCO. The molecule has 3 heterocycles. The van der Waals surface area contributed by atoms with Crippen molar-refractivity contribution < 1.29 is 151 Å². The Hall–Kier alpha value is -6.40. The van der Waals surface area contributed by atoms with E-state index in [9.17, 15) is 69.6 Å². The fraction of sp³-hybridized carbons (Fsp3) is 0.600. The van der Waals surface area contributed by atoms with E-state index in [-0.39, 0.29) is 152 Å². The summed E-state index contributed by atoms with van der Waals surface area (Å²) in [7, 11) is 0. The van der Waals surface area contributed by atoms with Crippen LogP contribution in [0.2, 0.25) is 0 Å². The van der Waals surface area contributed by atoms with Gasteiger partial charge in [0.15, 0.2) is 18.9 Å². The molecule has 0 aromatic heterocycles. The molecule has 524 valence electrons. The number of hydrogen-bond donors (Lipinski definition) is 14. The maximum absolute atomic E-state index is 14.6. The predicted molar refractivity (Wildman–Crippen MR) is 313 cm³/mol. The first-order chi connectivity index (χ1) is 45.5. The number of ether oxygens (including phenoxy) is 14. The third-order valence-corrected chi connectivity index (χ3v) is 14.5. The van der Waals surface area contributed by atoms with E-state index in [2.05, 4.69) is 16.0 Å². The Morgan fingerprint density at radius 3 is 0.979 bits per heavy atom. The number of aliphatic hydroxyl groups excluding tert-OH is 11. The molecule has 34 heteroatoms. The summed E-state index contributed by atoms with van der Waals surface area (Å²) in [6.45, 7) is -3.68. The summed E-state index contributed by atoms with van der Waals surface area (Å²) < 4.78 is 77.7. The first kappa shape index (κ1) is 76.6. The molecule has 0 saturated carbocycles. The number of benzene rings is 3. The topological polar surface area (TPSA) is 490 Å². The number of amides is 3. The minimum absolute atomic E-state index is 0.0609. The van der Waals surface area contributed by atoms with Gasteiger partial charge in [0.05, 0.1) is 152 Å². The van der Waals surface area contributed by atoms with Crippen molar-refractivity contribution in [3.05, 3.63) is 106 Å². The Kier molecular flexibility index (Phi) is 33.3. The van der Waals surface area contributed by atoms with Crippen LogP contribution in [0.3, 0.4) is 0 Å². The van der Waals surface area contributed by atoms with Crippen LogP contribution in [0.1, 0.15) is 62.1 Å². The van der Waals surface area contributed by atoms with Crippen LogP contribution in [0.5, 0.6) is 0 Å². The van der Waals surface area contributed by atoms with Gasteiger partial charge in [0.25, 0.3) is 17.7 Å². The number of carbonyl (C=O) groups is 6. The number of carbonyl (C=O) groups excluding carboxylic acids is 6. The van der Waals surface area contributed by atoms with Crippen molar-refractivity contribution in [2.45, 2.75) is 91.9 Å². The van der Waals surface area contributed by atoms with Crippen molar-refractivity contribution in [3.63, 3.8) is 0 Å². The van der Waals surface area contributed by atoms with Crippen molar-refractivity contribution in [1.82, 2.24) is 16.0 Å². The summed E-state index contributed by atoms with van der Waals surface area (Å²) in [6, 6.07) is 10.1. The van der Waals surface area contributed by atoms with Crippen LogP contribution < -0.4 is 16.0 Å². The number of nitrogens with one attached hydrogen (secondary N) is 3. The van der Waals surface area contributed by atoms with Crippen LogP contribution in [0.4, 0.5) is 0 Å². The molecular weight excluding hydrogens is 1260 g/mol. The zero-order valence-corrected chi connectivity index (χ0v) is 51.0. The maximum atomic E-state index is 14.6. The minimum atomic E-state index is -2.23. The zero-order valence-electron chi connectivity index (χ0n) is 51.0. The highest BCUT2D eigenvalue weighted by Gasteiger charge is 2.55. The monoisotopic (exact) mass is 1340 g/mol. The third kappa shape index (κ3) is 22.1. The zero-order chi connectivity index (χ0) is 67.9. The molecule has 0 spiro atoms. The van der Waals surface area contributed by atoms with Gasteiger partial charge in [-0.3, -0.25) is 14.4 Å². The number of esters is 3. The Morgan fingerprint density at radius 1 is 0.340 bits per heavy atom. The molecule has 14 N–H and O–H groups in total. The molecule has 0 unspecified atom stereocenters. The van der Waals surface area contributed by atoms with E-state index >= 15 is 0 Å². The lowest BCUT2D eigenvalue weighted by Gasteiger charge is -2.50. The van der Waals surface area contributed by atoms with Crippen molar-refractivity contribution >= 4 is 35.6 Å². The molecule has 3 aliphatic rings. The molecule has 3 aromatic rings. The normalized spacial score (nSPS) is 26.0. The molecule has 3 amide bonds. The summed E-state index contributed by atoms with van der Waals surface area (Å²) in [5.74, 6) is -6.26. The second kappa shape index (κ2) is 40.9. The van der Waals surface area contributed by atoms with E-state index in [1.807, 2.05) is 0 Å². The molecule has 94 heavy (non-hydrogen) atoms. The Balaban J connectivity index is 1.27. The fourth-order valence-electron chi connectivity index (χ4n) is 9.81. The minimum Gasteiger partial charge on any atom is -0.460 e. The highest BCUT2D eigenvalue weighted by Crippen LogP contribution is 2.33. The van der Waals surface area contributed by atoms with E-state index in [1.54, 1.807) is 0 Å². The quantitative estimate of drug-likeness (QED) is 0.0143. The molecule has 3 aromatic carbocycles. The molecule has 15 atom stereocenters. The number of hydrogen-bond acceptors (Lipinski definition) is 31. The van der Waals surface area contributed by atoms with Gasteiger partial charge >= 0.3 is 17.9 Å². The van der Waals surface area contributed by atoms with Crippen LogP contribution in [-0.2, 0) is 66.3 Å². The molecular formula is C60H83N3O31. The van der Waals surface area contributed by atoms with Crippen LogP contribution in [-0.4, -0.2) is 322 Å². The summed E-state index contributed by atoms with van der Waals surface area (Å²) in [5.41, 5.74) is -1.86. The van der Waals surface area contributed by atoms with E-state index in [4.69, 9.17) is 81.6 Å². The first-order valence-electron chi connectivity index (χ1n) is 30.0. The van der Waals surface area contributed by atoms with Crippen molar-refractivity contribution in [1.29, 1.82) is 0 Å². The maximum Gasteiger partial charge on any atom is 0.339 e. The molecule has 0 bridgehead atoms. The number of aliphatic hydroxyl groups is 11. The average molecular weight is 1340 g/mol. The van der Waals surface area contributed by atoms with Crippen LogP contribution in [0.15, 0.2) is 72.8 Å². The van der Waals surface area contributed by atoms with Gasteiger partial charge in [-0.25, -0.2) is 14.4 Å². The second-order valence-electron chi connectivity index (χ2n) is 20.7. The van der Waals surface area contributed by atoms with E-state index in [0.29, 0.717) is 0 Å². The predicted octanol–water partition coefficient (Wildman–Crippen LogP) is -5.71. The van der Waals surface area contributed by atoms with E-state index in [1.165, 1.54) is 72.8 Å². The smallest absolute Gasteiger partial charge is 0.339 e. The number of rotatable bonds is 40. The van der Waals surface area contributed by atoms with Crippen molar-refractivity contribution in [2.24, 2.45) is 0 Å². The van der Waals surface area contributed by atoms with Gasteiger partial charge in [0, 0.05) is 0 Å². The van der Waals surface area contributed by atoms with E-state index in [0.717, 1.165) is 0 Å². The van der Waals surface area contributed by atoms with Gasteiger partial charge in [0.1, 0.15) is 92.9 Å². The van der Waals surface area contributed by atoms with Crippen molar-refractivity contribution in [2.75, 3.05) is 139 Å². The summed E-state index contributed by atoms with van der Waals surface area (Å²) in [5, 5.41) is 125. The van der Waals surface area contributed by atoms with Gasteiger partial charge in [-0.2, -0.15) is 0 Å². The van der Waals surface area contributed by atoms with Crippen LogP contribution >= 0.6 is 0 Å². The Morgan fingerprint density at radius 2 is 0.628 bits per heavy atom. The van der Waals surface area contributed by atoms with Gasteiger partial charge in [-0.1, -0.05) is 36.4 Å². The first-order valence-corrected chi connectivity index (χ1v) is 30.0. The standard InChI is InChI=1S/C60H83N3O31/c64-13-16-81-19-22-84-25-28-87-55(77)37-10-4-1-7-34(37)52(74)61-43-48(72)50(41(32-68)90-58(43)80)93-60-45(63-54(76)36-9-3-6-12-39(36)57(79)89-30-27-86-24-21-83-18-15-66)49(73)51(42(33-69)92-60)94-59-44(47(71)46(70)40(31-67)91-59)62-53(75)35-8-2-5-11-38(35)56(78)88-29-26-85-23-20-82-17-14-65/h1-12,40-51,58-60,64-73,80H,13-33H2,(H,61,74)(H,62,75)(H,63,76)/t40-,41-,42-,43-,44-,45-,46-,47-,48-,49-,50-,51-,58-,59+,60+/m1/s1. The van der Waals surface area contributed by atoms with Gasteiger partial charge in [-0.05, 0) is 36.4 Å². The average Bonchev–Trinajstić information content (AvgIpc) is 0.779. The lowest BCUT2D eigenvalue weighted by atomic mass is 9.93. The van der Waals surface area contributed by atoms with Gasteiger partial charge in [-0.15, -0.1) is 0 Å². The molecule has 6 rings (SSSR count). The van der Waals surface area contributed by atoms with Gasteiger partial charge < -0.3 is 138 Å². The van der Waals surface area contributed by atoms with Crippen LogP contribution in [0, 0.1) is 0 Å². The van der Waals surface area contributed by atoms with Gasteiger partial charge in [0.2, 0.25) is 0 Å². The lowest BCUT2D eigenvalue weighted by Crippen LogP contribution is -2.71.